The monoisotopic (exact) mass is 222 g/mol. The standard InChI is InChI=1S/C7H7.CH3O.ClH.Zn/c1-7-5-3-2-4-6-7;1-2;;/h2-6H,1H2;1H3;1H;/q;-1;;+1. The molecule has 0 bridgehead atoms. The molecular weight excluding hydrogens is 213 g/mol. The molecule has 0 aliphatic rings. The SMILES string of the molecule is C[O][Zn][CH2]c1ccccc1.Cl. The third-order valence-corrected chi connectivity index (χ3v) is 3.93. The van der Waals surface area contributed by atoms with Crippen molar-refractivity contribution in [2.45, 2.75) is 5.02 Å². The zero-order chi connectivity index (χ0) is 7.23. The molecule has 0 unspecified atom stereocenters. The van der Waals surface area contributed by atoms with Crippen LogP contribution in [0, 0.1) is 0 Å². The quantitative estimate of drug-likeness (QED) is 0.715. The normalized spacial score (nSPS) is 8.09. The van der Waals surface area contributed by atoms with Crippen LogP contribution in [0.2, 0.25) is 0 Å². The molecular formula is C8H11ClOZn. The molecule has 1 aromatic rings. The predicted molar refractivity (Wildman–Crippen MR) is 44.4 cm³/mol. The van der Waals surface area contributed by atoms with Gasteiger partial charge in [-0.3, -0.25) is 0 Å². The van der Waals surface area contributed by atoms with Gasteiger partial charge in [0, 0.05) is 0 Å². The minimum absolute atomic E-state index is 0. The second-order valence-electron chi connectivity index (χ2n) is 2.23. The Morgan fingerprint density at radius 3 is 2.45 bits per heavy atom. The molecule has 0 aliphatic heterocycles. The molecule has 0 radical (unpaired) electrons. The molecule has 0 saturated heterocycles. The Balaban J connectivity index is 0.000001000. The second kappa shape index (κ2) is 6.78. The van der Waals surface area contributed by atoms with Gasteiger partial charge in [0.2, 0.25) is 0 Å². The van der Waals surface area contributed by atoms with E-state index in [0.717, 1.165) is 0 Å². The minimum Gasteiger partial charge on any atom is -0.147 e. The first-order chi connectivity index (χ1) is 4.93. The summed E-state index contributed by atoms with van der Waals surface area (Å²) in [4.78, 5) is 0. The van der Waals surface area contributed by atoms with Gasteiger partial charge in [0.25, 0.3) is 0 Å². The van der Waals surface area contributed by atoms with Gasteiger partial charge in [0.05, 0.1) is 0 Å². The molecule has 0 heterocycles. The molecule has 0 aliphatic carbocycles. The number of hydrogen-bond donors (Lipinski definition) is 0. The van der Waals surface area contributed by atoms with E-state index in [9.17, 15) is 0 Å². The summed E-state index contributed by atoms with van der Waals surface area (Å²) in [6.07, 6.45) is 0. The van der Waals surface area contributed by atoms with Gasteiger partial charge >= 0.3 is 69.1 Å². The third-order valence-electron chi connectivity index (χ3n) is 1.44. The van der Waals surface area contributed by atoms with Crippen molar-refractivity contribution in [3.05, 3.63) is 35.9 Å². The number of hydrogen-bond acceptors (Lipinski definition) is 1. The average molecular weight is 224 g/mol. The summed E-state index contributed by atoms with van der Waals surface area (Å²) in [5.74, 6) is 0. The Bertz CT molecular complexity index is 179. The Hall–Kier alpha value is 0.0934. The summed E-state index contributed by atoms with van der Waals surface area (Å²) < 4.78 is 5.13. The van der Waals surface area contributed by atoms with Gasteiger partial charge in [-0.25, -0.2) is 0 Å². The number of rotatable bonds is 3. The van der Waals surface area contributed by atoms with E-state index in [1.807, 2.05) is 13.2 Å². The van der Waals surface area contributed by atoms with Gasteiger partial charge in [-0.2, -0.15) is 0 Å². The maximum absolute atomic E-state index is 5.13. The maximum atomic E-state index is 5.13. The molecule has 3 heteroatoms. The second-order valence-corrected chi connectivity index (χ2v) is 5.35. The van der Waals surface area contributed by atoms with Gasteiger partial charge in [0.1, 0.15) is 0 Å². The van der Waals surface area contributed by atoms with Crippen LogP contribution < -0.4 is 0 Å². The van der Waals surface area contributed by atoms with Crippen molar-refractivity contribution in [3.63, 3.8) is 0 Å². The van der Waals surface area contributed by atoms with Gasteiger partial charge < -0.3 is 0 Å². The molecule has 58 valence electrons. The van der Waals surface area contributed by atoms with Crippen molar-refractivity contribution in [3.8, 4) is 0 Å². The molecule has 1 rings (SSSR count). The van der Waals surface area contributed by atoms with Crippen LogP contribution in [-0.2, 0) is 26.1 Å². The third kappa shape index (κ3) is 4.52. The summed E-state index contributed by atoms with van der Waals surface area (Å²) in [5, 5.41) is 1.20. The summed E-state index contributed by atoms with van der Waals surface area (Å²) >= 11 is -0.657. The van der Waals surface area contributed by atoms with Gasteiger partial charge in [-0.05, 0) is 0 Å². The van der Waals surface area contributed by atoms with E-state index in [2.05, 4.69) is 24.3 Å². The number of benzene rings is 1. The van der Waals surface area contributed by atoms with Crippen LogP contribution in [0.3, 0.4) is 0 Å². The summed E-state index contributed by atoms with van der Waals surface area (Å²) in [7, 11) is 1.81. The topological polar surface area (TPSA) is 9.23 Å². The van der Waals surface area contributed by atoms with E-state index in [4.69, 9.17) is 3.56 Å². The summed E-state index contributed by atoms with van der Waals surface area (Å²) in [5.41, 5.74) is 1.42. The molecule has 1 nitrogen and oxygen atoms in total. The molecule has 0 spiro atoms. The van der Waals surface area contributed by atoms with Crippen LogP contribution in [0.15, 0.2) is 30.3 Å². The van der Waals surface area contributed by atoms with E-state index >= 15 is 0 Å². The van der Waals surface area contributed by atoms with Gasteiger partial charge in [-0.15, -0.1) is 12.4 Å². The van der Waals surface area contributed by atoms with Crippen molar-refractivity contribution in [2.24, 2.45) is 0 Å². The van der Waals surface area contributed by atoms with E-state index in [-0.39, 0.29) is 12.4 Å². The van der Waals surface area contributed by atoms with Crippen molar-refractivity contribution < 1.29 is 21.1 Å². The summed E-state index contributed by atoms with van der Waals surface area (Å²) in [6.45, 7) is 0. The fourth-order valence-corrected chi connectivity index (χ4v) is 2.49. The molecule has 1 aromatic carbocycles. The van der Waals surface area contributed by atoms with Crippen molar-refractivity contribution >= 4 is 12.4 Å². The zero-order valence-electron chi connectivity index (χ0n) is 6.62. The molecule has 0 atom stereocenters. The van der Waals surface area contributed by atoms with Crippen LogP contribution in [-0.4, -0.2) is 7.11 Å². The first-order valence-electron chi connectivity index (χ1n) is 3.46. The zero-order valence-corrected chi connectivity index (χ0v) is 10.4. The largest absolute Gasteiger partial charge is 0.147 e. The van der Waals surface area contributed by atoms with Crippen molar-refractivity contribution in [1.82, 2.24) is 0 Å². The van der Waals surface area contributed by atoms with Crippen LogP contribution in [0.4, 0.5) is 0 Å². The van der Waals surface area contributed by atoms with Crippen LogP contribution in [0.1, 0.15) is 5.56 Å². The van der Waals surface area contributed by atoms with Crippen LogP contribution in [0.25, 0.3) is 0 Å². The molecule has 0 saturated carbocycles. The van der Waals surface area contributed by atoms with Gasteiger partial charge in [-0.1, -0.05) is 0 Å². The fraction of sp³-hybridized carbons (Fsp3) is 0.250. The molecule has 11 heavy (non-hydrogen) atoms. The molecule has 0 fully saturated rings. The molecule has 0 aromatic heterocycles. The Labute approximate surface area is 81.6 Å². The van der Waals surface area contributed by atoms with E-state index in [0.29, 0.717) is 0 Å². The van der Waals surface area contributed by atoms with E-state index in [1.54, 1.807) is 0 Å². The van der Waals surface area contributed by atoms with Crippen LogP contribution >= 0.6 is 12.4 Å². The first kappa shape index (κ1) is 11.1. The molecule has 0 N–H and O–H groups in total. The van der Waals surface area contributed by atoms with Crippen molar-refractivity contribution in [1.29, 1.82) is 0 Å². The predicted octanol–water partition coefficient (Wildman–Crippen LogP) is 2.25. The Morgan fingerprint density at radius 2 is 1.91 bits per heavy atom. The number of halogens is 1. The summed E-state index contributed by atoms with van der Waals surface area (Å²) in [6, 6.07) is 10.5. The first-order valence-corrected chi connectivity index (χ1v) is 6.77. The maximum Gasteiger partial charge on any atom is -0.147 e. The van der Waals surface area contributed by atoms with Gasteiger partial charge in [0.15, 0.2) is 0 Å². The average Bonchev–Trinajstić information content (AvgIpc) is 2.03. The Kier molecular flexibility index (Phi) is 6.84. The molecule has 0 amide bonds. The fourth-order valence-electron chi connectivity index (χ4n) is 0.865. The smallest absolute Gasteiger partial charge is 0.147 e. The Morgan fingerprint density at radius 1 is 1.27 bits per heavy atom. The van der Waals surface area contributed by atoms with E-state index in [1.165, 1.54) is 10.6 Å². The minimum atomic E-state index is -0.657. The van der Waals surface area contributed by atoms with Crippen molar-refractivity contribution in [2.75, 3.05) is 7.11 Å². The van der Waals surface area contributed by atoms with Crippen LogP contribution in [0.5, 0.6) is 0 Å². The van der Waals surface area contributed by atoms with E-state index < -0.39 is 17.5 Å².